The number of amides is 2. The van der Waals surface area contributed by atoms with Gasteiger partial charge in [0.2, 0.25) is 25.9 Å². The van der Waals surface area contributed by atoms with Crippen LogP contribution in [0.4, 0.5) is 35.1 Å². The average Bonchev–Trinajstić information content (AvgIpc) is 3.66. The summed E-state index contributed by atoms with van der Waals surface area (Å²) in [6.45, 7) is -0.850. The summed E-state index contributed by atoms with van der Waals surface area (Å²) in [5, 5.41) is 6.15. The SMILES string of the molecule is CS(=O)(=O)N(Cc1ccccn1)Cc1ccc(-c2nnc(C(F)(F)F)o2)cc1F.CS(=O)(=O)N(Cc1ccccn1)Cc1ccc(C(=O)NNC(=O)C(F)(F)F)cc1F. The van der Waals surface area contributed by atoms with Crippen molar-refractivity contribution in [1.82, 2.24) is 39.6 Å². The second kappa shape index (κ2) is 18.8. The van der Waals surface area contributed by atoms with Crippen LogP contribution < -0.4 is 10.9 Å². The second-order valence-corrected chi connectivity index (χ2v) is 16.1. The molecule has 59 heavy (non-hydrogen) atoms. The number of aromatic nitrogens is 4. The molecule has 0 aliphatic rings. The van der Waals surface area contributed by atoms with Gasteiger partial charge in [-0.25, -0.2) is 25.6 Å². The zero-order chi connectivity index (χ0) is 43.8. The van der Waals surface area contributed by atoms with Gasteiger partial charge in [0.1, 0.15) is 11.6 Å². The first-order valence-corrected chi connectivity index (χ1v) is 20.0. The molecule has 3 heterocycles. The number of benzene rings is 2. The van der Waals surface area contributed by atoms with E-state index in [4.69, 9.17) is 0 Å². The molecule has 0 unspecified atom stereocenters. The average molecular weight is 879 g/mol. The van der Waals surface area contributed by atoms with Crippen LogP contribution in [0.5, 0.6) is 0 Å². The lowest BCUT2D eigenvalue weighted by Crippen LogP contribution is -2.47. The summed E-state index contributed by atoms with van der Waals surface area (Å²) >= 11 is 0. The fourth-order valence-corrected chi connectivity index (χ4v) is 6.12. The van der Waals surface area contributed by atoms with Gasteiger partial charge in [-0.15, -0.1) is 10.2 Å². The molecule has 0 radical (unpaired) electrons. The normalized spacial score (nSPS) is 12.2. The van der Waals surface area contributed by atoms with Gasteiger partial charge in [-0.05, 0) is 48.5 Å². The maximum Gasteiger partial charge on any atom is 0.472 e. The van der Waals surface area contributed by atoms with Crippen molar-refractivity contribution in [3.8, 4) is 11.5 Å². The zero-order valence-corrected chi connectivity index (χ0v) is 31.9. The molecule has 25 heteroatoms. The lowest BCUT2D eigenvalue weighted by molar-refractivity contribution is -0.174. The monoisotopic (exact) mass is 878 g/mol. The van der Waals surface area contributed by atoms with Crippen molar-refractivity contribution in [3.63, 3.8) is 0 Å². The van der Waals surface area contributed by atoms with Gasteiger partial charge in [0, 0.05) is 47.7 Å². The first-order valence-electron chi connectivity index (χ1n) is 16.3. The van der Waals surface area contributed by atoms with E-state index in [-0.39, 0.29) is 48.4 Å². The van der Waals surface area contributed by atoms with E-state index in [1.165, 1.54) is 30.0 Å². The quantitative estimate of drug-likeness (QED) is 0.130. The third kappa shape index (κ3) is 13.6. The van der Waals surface area contributed by atoms with Gasteiger partial charge in [-0.3, -0.25) is 30.4 Å². The fraction of sp³-hybridized carbons (Fsp3) is 0.235. The van der Waals surface area contributed by atoms with Crippen LogP contribution in [0.1, 0.15) is 38.8 Å². The van der Waals surface area contributed by atoms with E-state index in [1.807, 2.05) is 0 Å². The Balaban J connectivity index is 0.000000261. The van der Waals surface area contributed by atoms with Gasteiger partial charge in [0.15, 0.2) is 0 Å². The highest BCUT2D eigenvalue weighted by atomic mass is 32.2. The minimum absolute atomic E-state index is 0.0191. The van der Waals surface area contributed by atoms with Gasteiger partial charge < -0.3 is 4.42 Å². The molecular weight excluding hydrogens is 849 g/mol. The summed E-state index contributed by atoms with van der Waals surface area (Å²) in [5.41, 5.74) is 3.06. The molecule has 0 aliphatic carbocycles. The van der Waals surface area contributed by atoms with Crippen molar-refractivity contribution in [3.05, 3.63) is 131 Å². The molecule has 0 atom stereocenters. The maximum atomic E-state index is 14.5. The van der Waals surface area contributed by atoms with E-state index in [1.54, 1.807) is 36.4 Å². The number of rotatable bonds is 12. The lowest BCUT2D eigenvalue weighted by Gasteiger charge is -2.20. The van der Waals surface area contributed by atoms with Crippen molar-refractivity contribution >= 4 is 31.9 Å². The fourth-order valence-electron chi connectivity index (χ4n) is 4.64. The number of carbonyl (C=O) groups excluding carboxylic acids is 2. The second-order valence-electron chi connectivity index (χ2n) is 12.1. The van der Waals surface area contributed by atoms with E-state index >= 15 is 0 Å². The molecule has 0 spiro atoms. The van der Waals surface area contributed by atoms with Crippen LogP contribution in [0, 0.1) is 11.6 Å². The number of pyridine rings is 2. The molecule has 5 rings (SSSR count). The summed E-state index contributed by atoms with van der Waals surface area (Å²) in [5.74, 6) is -7.42. The first-order chi connectivity index (χ1) is 27.4. The molecule has 15 nitrogen and oxygen atoms in total. The summed E-state index contributed by atoms with van der Waals surface area (Å²) in [6, 6.07) is 16.2. The van der Waals surface area contributed by atoms with Crippen LogP contribution in [0.3, 0.4) is 0 Å². The maximum absolute atomic E-state index is 14.5. The molecule has 0 saturated heterocycles. The summed E-state index contributed by atoms with van der Waals surface area (Å²) < 4.78 is 158. The molecular formula is C34H30F8N8O7S2. The van der Waals surface area contributed by atoms with Crippen LogP contribution in [0.15, 0.2) is 89.6 Å². The van der Waals surface area contributed by atoms with Gasteiger partial charge in [-0.1, -0.05) is 24.3 Å². The van der Waals surface area contributed by atoms with Crippen molar-refractivity contribution in [2.45, 2.75) is 38.5 Å². The van der Waals surface area contributed by atoms with Gasteiger partial charge in [-0.2, -0.15) is 35.0 Å². The third-order valence-electron chi connectivity index (χ3n) is 7.59. The Morgan fingerprint density at radius 1 is 0.678 bits per heavy atom. The highest BCUT2D eigenvalue weighted by Gasteiger charge is 2.39. The van der Waals surface area contributed by atoms with E-state index in [2.05, 4.69) is 24.6 Å². The highest BCUT2D eigenvalue weighted by molar-refractivity contribution is 7.88. The Morgan fingerprint density at radius 2 is 1.19 bits per heavy atom. The van der Waals surface area contributed by atoms with Crippen LogP contribution in [-0.2, 0) is 57.2 Å². The first kappa shape index (κ1) is 45.8. The molecule has 0 saturated carbocycles. The Hall–Kier alpha value is -5.92. The number of nitrogens with one attached hydrogen (secondary N) is 2. The van der Waals surface area contributed by atoms with Gasteiger partial charge in [0.05, 0.1) is 37.0 Å². The van der Waals surface area contributed by atoms with Crippen LogP contribution >= 0.6 is 0 Å². The molecule has 0 aliphatic heterocycles. The van der Waals surface area contributed by atoms with Crippen LogP contribution in [0.25, 0.3) is 11.5 Å². The lowest BCUT2D eigenvalue weighted by atomic mass is 10.1. The number of carbonyl (C=O) groups is 2. The Bertz CT molecular complexity index is 2480. The Morgan fingerprint density at radius 3 is 1.59 bits per heavy atom. The number of hydrogen-bond donors (Lipinski definition) is 2. The predicted molar refractivity (Wildman–Crippen MR) is 189 cm³/mol. The van der Waals surface area contributed by atoms with E-state index in [0.29, 0.717) is 17.5 Å². The predicted octanol–water partition coefficient (Wildman–Crippen LogP) is 4.76. The summed E-state index contributed by atoms with van der Waals surface area (Å²) in [6.07, 6.45) is -5.11. The van der Waals surface area contributed by atoms with Crippen molar-refractivity contribution in [1.29, 1.82) is 0 Å². The number of hydrogen-bond acceptors (Lipinski definition) is 11. The topological polar surface area (TPSA) is 198 Å². The molecule has 0 fully saturated rings. The van der Waals surface area contributed by atoms with Gasteiger partial charge >= 0.3 is 24.2 Å². The zero-order valence-electron chi connectivity index (χ0n) is 30.3. The Labute approximate surface area is 330 Å². The number of halogens is 8. The third-order valence-corrected chi connectivity index (χ3v) is 9.98. The summed E-state index contributed by atoms with van der Waals surface area (Å²) in [7, 11) is -7.44. The van der Waals surface area contributed by atoms with E-state index < -0.39 is 67.6 Å². The largest absolute Gasteiger partial charge is 0.472 e. The molecule has 3 aromatic heterocycles. The van der Waals surface area contributed by atoms with E-state index in [9.17, 15) is 61.5 Å². The smallest absolute Gasteiger partial charge is 0.413 e. The number of hydrazine groups is 1. The Kier molecular flexibility index (Phi) is 14.6. The van der Waals surface area contributed by atoms with Crippen LogP contribution in [-0.4, -0.2) is 76.1 Å². The molecule has 0 bridgehead atoms. The molecule has 2 amide bonds. The minimum Gasteiger partial charge on any atom is -0.413 e. The molecule has 316 valence electrons. The molecule has 5 aromatic rings. The molecule has 2 aromatic carbocycles. The summed E-state index contributed by atoms with van der Waals surface area (Å²) in [4.78, 5) is 30.6. The number of nitrogens with zero attached hydrogens (tertiary/aromatic N) is 6. The highest BCUT2D eigenvalue weighted by Crippen LogP contribution is 2.31. The van der Waals surface area contributed by atoms with Crippen LogP contribution in [0.2, 0.25) is 0 Å². The minimum atomic E-state index is -5.20. The number of sulfonamides is 2. The number of alkyl halides is 6. The van der Waals surface area contributed by atoms with Crippen molar-refractivity contribution in [2.24, 2.45) is 0 Å². The van der Waals surface area contributed by atoms with Gasteiger partial charge in [0.25, 0.3) is 5.91 Å². The molecule has 2 N–H and O–H groups in total. The van der Waals surface area contributed by atoms with E-state index in [0.717, 1.165) is 44.7 Å². The standard InChI is InChI=1S/C17H16F4N4O4S.C17H14F4N4O3S/c1-30(28,29)25(10-13-4-2-3-7-22-13)9-12-6-5-11(8-14(12)18)15(26)23-24-16(27)17(19,20)21;1-29(26,27)25(10-13-4-2-3-7-22-13)9-12-6-5-11(8-14(12)18)15-23-24-16(28-15)17(19,20)21/h2-8H,9-10H2,1H3,(H,23,26)(H,24,27);2-8H,9-10H2,1H3. The van der Waals surface area contributed by atoms with Crippen molar-refractivity contribution in [2.75, 3.05) is 12.5 Å². The van der Waals surface area contributed by atoms with Crippen molar-refractivity contribution < 1.29 is 66.0 Å².